The lowest BCUT2D eigenvalue weighted by molar-refractivity contribution is 0.360. The molecule has 1 heterocycles. The number of nitrogens with zero attached hydrogens (tertiary/aromatic N) is 1. The summed E-state index contributed by atoms with van der Waals surface area (Å²) in [6, 6.07) is 8.45. The number of piperidine rings is 1. The number of benzene rings is 1. The van der Waals surface area contributed by atoms with E-state index in [1.807, 2.05) is 0 Å². The van der Waals surface area contributed by atoms with Crippen LogP contribution in [0.1, 0.15) is 30.4 Å². The van der Waals surface area contributed by atoms with Gasteiger partial charge in [-0.3, -0.25) is 5.41 Å². The zero-order valence-electron chi connectivity index (χ0n) is 9.29. The molecule has 2 nitrogen and oxygen atoms in total. The molecule has 2 heteroatoms. The van der Waals surface area contributed by atoms with Crippen LogP contribution in [0.5, 0.6) is 0 Å². The van der Waals surface area contributed by atoms with Crippen molar-refractivity contribution in [2.24, 2.45) is 0 Å². The average molecular weight is 202 g/mol. The summed E-state index contributed by atoms with van der Waals surface area (Å²) < 4.78 is 0. The van der Waals surface area contributed by atoms with Crippen molar-refractivity contribution >= 4 is 5.84 Å². The predicted molar refractivity (Wildman–Crippen MR) is 63.2 cm³/mol. The molecule has 0 atom stereocenters. The van der Waals surface area contributed by atoms with E-state index in [-0.39, 0.29) is 0 Å². The van der Waals surface area contributed by atoms with Crippen LogP contribution in [0.3, 0.4) is 0 Å². The van der Waals surface area contributed by atoms with Crippen LogP contribution in [-0.2, 0) is 6.54 Å². The number of likely N-dealkylation sites (tertiary alicyclic amines) is 1. The molecule has 1 aromatic carbocycles. The molecule has 80 valence electrons. The number of rotatable bonds is 2. The minimum atomic E-state index is 0.810. The lowest BCUT2D eigenvalue weighted by atomic mass is 10.1. The van der Waals surface area contributed by atoms with E-state index in [0.717, 1.165) is 25.3 Å². The maximum Gasteiger partial charge on any atom is 0.0960 e. The lowest BCUT2D eigenvalue weighted by Crippen LogP contribution is -2.34. The molecule has 0 saturated carbocycles. The third-order valence-corrected chi connectivity index (χ3v) is 3.10. The van der Waals surface area contributed by atoms with Gasteiger partial charge >= 0.3 is 0 Å². The summed E-state index contributed by atoms with van der Waals surface area (Å²) in [5.41, 5.74) is 2.68. The van der Waals surface area contributed by atoms with Crippen molar-refractivity contribution in [1.29, 1.82) is 5.41 Å². The van der Waals surface area contributed by atoms with Gasteiger partial charge < -0.3 is 4.90 Å². The Morgan fingerprint density at radius 2 is 2.07 bits per heavy atom. The van der Waals surface area contributed by atoms with Gasteiger partial charge in [0.15, 0.2) is 0 Å². The predicted octanol–water partition coefficient (Wildman–Crippen LogP) is 2.96. The van der Waals surface area contributed by atoms with Crippen LogP contribution in [0, 0.1) is 12.3 Å². The molecule has 0 bridgehead atoms. The minimum Gasteiger partial charge on any atom is -0.356 e. The highest BCUT2D eigenvalue weighted by Crippen LogP contribution is 2.16. The van der Waals surface area contributed by atoms with E-state index in [0.29, 0.717) is 0 Å². The smallest absolute Gasteiger partial charge is 0.0960 e. The molecular formula is C13H18N2. The first-order valence-corrected chi connectivity index (χ1v) is 5.64. The highest BCUT2D eigenvalue weighted by Gasteiger charge is 2.15. The fourth-order valence-electron chi connectivity index (χ4n) is 2.06. The van der Waals surface area contributed by atoms with Crippen LogP contribution in [0.15, 0.2) is 24.3 Å². The molecule has 2 rings (SSSR count). The second-order valence-electron chi connectivity index (χ2n) is 4.25. The monoisotopic (exact) mass is 202 g/mol. The molecule has 1 aliphatic heterocycles. The molecule has 0 aliphatic carbocycles. The summed E-state index contributed by atoms with van der Waals surface area (Å²) >= 11 is 0. The molecule has 15 heavy (non-hydrogen) atoms. The maximum absolute atomic E-state index is 7.89. The molecule has 1 fully saturated rings. The first kappa shape index (κ1) is 10.2. The summed E-state index contributed by atoms with van der Waals surface area (Å²) in [6.45, 7) is 4.10. The van der Waals surface area contributed by atoms with Crippen molar-refractivity contribution in [3.8, 4) is 0 Å². The first-order valence-electron chi connectivity index (χ1n) is 5.64. The minimum absolute atomic E-state index is 0.810. The molecule has 1 N–H and O–H groups in total. The summed E-state index contributed by atoms with van der Waals surface area (Å²) in [4.78, 5) is 2.20. The molecule has 0 spiro atoms. The Bertz CT molecular complexity index is 357. The van der Waals surface area contributed by atoms with Crippen LogP contribution in [-0.4, -0.2) is 17.3 Å². The van der Waals surface area contributed by atoms with Gasteiger partial charge in [-0.2, -0.15) is 0 Å². The fraction of sp³-hybridized carbons (Fsp3) is 0.462. The van der Waals surface area contributed by atoms with Crippen molar-refractivity contribution in [2.75, 3.05) is 6.54 Å². The quantitative estimate of drug-likeness (QED) is 0.784. The summed E-state index contributed by atoms with van der Waals surface area (Å²) in [5.74, 6) is 0.810. The third kappa shape index (κ3) is 2.38. The molecule has 1 saturated heterocycles. The van der Waals surface area contributed by atoms with Gasteiger partial charge in [-0.1, -0.05) is 24.3 Å². The second kappa shape index (κ2) is 4.47. The average Bonchev–Trinajstić information content (AvgIpc) is 2.24. The molecule has 0 radical (unpaired) electrons. The van der Waals surface area contributed by atoms with Crippen molar-refractivity contribution in [2.45, 2.75) is 32.7 Å². The van der Waals surface area contributed by atoms with Crippen LogP contribution in [0.4, 0.5) is 0 Å². The van der Waals surface area contributed by atoms with Gasteiger partial charge in [0.25, 0.3) is 0 Å². The molecule has 1 aromatic rings. The van der Waals surface area contributed by atoms with Gasteiger partial charge in [0.2, 0.25) is 0 Å². The molecule has 0 amide bonds. The Balaban J connectivity index is 2.08. The van der Waals surface area contributed by atoms with Crippen LogP contribution < -0.4 is 0 Å². The standard InChI is InChI=1S/C13H18N2/c1-11-6-2-3-7-12(11)10-15-9-5-4-8-13(15)14/h2-3,6-7,14H,4-5,8-10H2,1H3. The van der Waals surface area contributed by atoms with Crippen molar-refractivity contribution in [1.82, 2.24) is 4.90 Å². The van der Waals surface area contributed by atoms with Gasteiger partial charge in [0, 0.05) is 19.5 Å². The van der Waals surface area contributed by atoms with E-state index in [2.05, 4.69) is 36.1 Å². The fourth-order valence-corrected chi connectivity index (χ4v) is 2.06. The Morgan fingerprint density at radius 1 is 1.27 bits per heavy atom. The Hall–Kier alpha value is -1.31. The van der Waals surface area contributed by atoms with E-state index in [4.69, 9.17) is 5.41 Å². The van der Waals surface area contributed by atoms with E-state index in [9.17, 15) is 0 Å². The highest BCUT2D eigenvalue weighted by atomic mass is 15.2. The summed E-state index contributed by atoms with van der Waals surface area (Å²) in [7, 11) is 0. The second-order valence-corrected chi connectivity index (χ2v) is 4.25. The number of hydrogen-bond acceptors (Lipinski definition) is 1. The number of amidine groups is 1. The number of hydrogen-bond donors (Lipinski definition) is 1. The Morgan fingerprint density at radius 3 is 2.80 bits per heavy atom. The summed E-state index contributed by atoms with van der Waals surface area (Å²) in [5, 5.41) is 7.89. The molecule has 0 aromatic heterocycles. The normalized spacial score (nSPS) is 16.9. The van der Waals surface area contributed by atoms with Crippen molar-refractivity contribution in [3.05, 3.63) is 35.4 Å². The Kier molecular flexibility index (Phi) is 3.05. The van der Waals surface area contributed by atoms with Crippen LogP contribution >= 0.6 is 0 Å². The molecule has 1 aliphatic rings. The number of aryl methyl sites for hydroxylation is 1. The van der Waals surface area contributed by atoms with E-state index in [1.165, 1.54) is 24.0 Å². The third-order valence-electron chi connectivity index (χ3n) is 3.10. The Labute approximate surface area is 91.4 Å². The van der Waals surface area contributed by atoms with Crippen LogP contribution in [0.2, 0.25) is 0 Å². The maximum atomic E-state index is 7.89. The molecule has 0 unspecified atom stereocenters. The van der Waals surface area contributed by atoms with Crippen molar-refractivity contribution < 1.29 is 0 Å². The van der Waals surface area contributed by atoms with Gasteiger partial charge in [-0.05, 0) is 30.9 Å². The van der Waals surface area contributed by atoms with Gasteiger partial charge in [-0.15, -0.1) is 0 Å². The summed E-state index contributed by atoms with van der Waals surface area (Å²) in [6.07, 6.45) is 3.36. The van der Waals surface area contributed by atoms with E-state index < -0.39 is 0 Å². The molecular weight excluding hydrogens is 184 g/mol. The van der Waals surface area contributed by atoms with Crippen molar-refractivity contribution in [3.63, 3.8) is 0 Å². The zero-order valence-corrected chi connectivity index (χ0v) is 9.29. The highest BCUT2D eigenvalue weighted by molar-refractivity contribution is 5.79. The van der Waals surface area contributed by atoms with E-state index in [1.54, 1.807) is 0 Å². The van der Waals surface area contributed by atoms with Gasteiger partial charge in [-0.25, -0.2) is 0 Å². The topological polar surface area (TPSA) is 27.1 Å². The SMILES string of the molecule is Cc1ccccc1CN1CCCCC1=N. The lowest BCUT2D eigenvalue weighted by Gasteiger charge is -2.29. The number of nitrogens with one attached hydrogen (secondary N) is 1. The van der Waals surface area contributed by atoms with Gasteiger partial charge in [0.1, 0.15) is 0 Å². The van der Waals surface area contributed by atoms with E-state index >= 15 is 0 Å². The van der Waals surface area contributed by atoms with Crippen LogP contribution in [0.25, 0.3) is 0 Å². The largest absolute Gasteiger partial charge is 0.356 e. The first-order chi connectivity index (χ1) is 7.27. The van der Waals surface area contributed by atoms with Gasteiger partial charge in [0.05, 0.1) is 5.84 Å². The zero-order chi connectivity index (χ0) is 10.7.